The first-order valence-corrected chi connectivity index (χ1v) is 8.68. The number of benzene rings is 2. The summed E-state index contributed by atoms with van der Waals surface area (Å²) in [5.41, 5.74) is 4.77. The summed E-state index contributed by atoms with van der Waals surface area (Å²) in [6.45, 7) is 3.91. The minimum atomic E-state index is -0.841. The van der Waals surface area contributed by atoms with E-state index >= 15 is 0 Å². The fourth-order valence-corrected chi connectivity index (χ4v) is 3.52. The topological polar surface area (TPSA) is 80.3 Å². The largest absolute Gasteiger partial charge is 0.497 e. The van der Waals surface area contributed by atoms with E-state index in [9.17, 15) is 5.11 Å². The number of nitrogens with zero attached hydrogens (tertiary/aromatic N) is 2. The molecule has 0 aliphatic rings. The molecule has 4 aromatic rings. The number of H-pyrrole nitrogens is 1. The third-order valence-corrected chi connectivity index (χ3v) is 4.92. The van der Waals surface area contributed by atoms with Crippen LogP contribution >= 0.6 is 0 Å². The Morgan fingerprint density at radius 3 is 2.37 bits per heavy atom. The highest BCUT2D eigenvalue weighted by atomic mass is 16.5. The van der Waals surface area contributed by atoms with Crippen molar-refractivity contribution in [3.8, 4) is 11.5 Å². The Bertz CT molecular complexity index is 1130. The van der Waals surface area contributed by atoms with E-state index in [0.717, 1.165) is 50.2 Å². The summed E-state index contributed by atoms with van der Waals surface area (Å²) in [5, 5.41) is 20.3. The van der Waals surface area contributed by atoms with Crippen LogP contribution < -0.4 is 9.47 Å². The summed E-state index contributed by atoms with van der Waals surface area (Å²) in [6, 6.07) is 11.3. The molecule has 6 heteroatoms. The van der Waals surface area contributed by atoms with Crippen molar-refractivity contribution in [2.45, 2.75) is 20.0 Å². The fraction of sp³-hybridized carbons (Fsp3) is 0.238. The molecule has 27 heavy (non-hydrogen) atoms. The number of aliphatic hydroxyl groups is 1. The highest BCUT2D eigenvalue weighted by molar-refractivity contribution is 5.99. The molecule has 138 valence electrons. The number of nitrogens with one attached hydrogen (secondary N) is 1. The van der Waals surface area contributed by atoms with E-state index in [2.05, 4.69) is 10.2 Å². The van der Waals surface area contributed by atoms with Crippen molar-refractivity contribution in [2.24, 2.45) is 0 Å². The molecule has 0 saturated heterocycles. The molecular formula is C21H21N3O3. The standard InChI is InChI=1S/C21H21N3O3/c1-11-9-15(27-4)10-16-18(17-12(2)23-24-21(17)22-19(11)16)20(25)13-5-7-14(26-3)8-6-13/h5-10,20,25H,1-4H3,(H,22,23,24). The third-order valence-electron chi connectivity index (χ3n) is 4.92. The zero-order valence-corrected chi connectivity index (χ0v) is 15.7. The van der Waals surface area contributed by atoms with E-state index in [1.807, 2.05) is 50.2 Å². The lowest BCUT2D eigenvalue weighted by Crippen LogP contribution is -2.04. The quantitative estimate of drug-likeness (QED) is 0.576. The molecule has 0 aliphatic carbocycles. The Balaban J connectivity index is 2.05. The smallest absolute Gasteiger partial charge is 0.182 e. The maximum absolute atomic E-state index is 11.3. The number of methoxy groups -OCH3 is 2. The summed E-state index contributed by atoms with van der Waals surface area (Å²) in [5.74, 6) is 1.47. The van der Waals surface area contributed by atoms with Crippen LogP contribution in [0.1, 0.15) is 28.5 Å². The number of aromatic amines is 1. The normalized spacial score (nSPS) is 12.5. The van der Waals surface area contributed by atoms with Crippen LogP contribution in [0.2, 0.25) is 0 Å². The molecule has 1 unspecified atom stereocenters. The van der Waals surface area contributed by atoms with E-state index in [1.54, 1.807) is 14.2 Å². The van der Waals surface area contributed by atoms with Gasteiger partial charge >= 0.3 is 0 Å². The minimum Gasteiger partial charge on any atom is -0.497 e. The van der Waals surface area contributed by atoms with Gasteiger partial charge in [-0.1, -0.05) is 12.1 Å². The molecule has 2 N–H and O–H groups in total. The highest BCUT2D eigenvalue weighted by Crippen LogP contribution is 2.38. The van der Waals surface area contributed by atoms with E-state index < -0.39 is 6.10 Å². The number of hydrogen-bond donors (Lipinski definition) is 2. The predicted octanol–water partition coefficient (Wildman–Crippen LogP) is 3.83. The first-order chi connectivity index (χ1) is 13.0. The second kappa shape index (κ2) is 6.55. The van der Waals surface area contributed by atoms with Crippen molar-refractivity contribution < 1.29 is 14.6 Å². The average Bonchev–Trinajstić information content (AvgIpc) is 3.06. The first-order valence-electron chi connectivity index (χ1n) is 8.68. The molecule has 0 fully saturated rings. The zero-order chi connectivity index (χ0) is 19.1. The zero-order valence-electron chi connectivity index (χ0n) is 15.7. The lowest BCUT2D eigenvalue weighted by Gasteiger charge is -2.17. The molecule has 4 rings (SSSR count). The van der Waals surface area contributed by atoms with Crippen LogP contribution in [0.25, 0.3) is 21.9 Å². The van der Waals surface area contributed by atoms with Gasteiger partial charge in [0.05, 0.1) is 19.7 Å². The van der Waals surface area contributed by atoms with Gasteiger partial charge in [0.15, 0.2) is 5.65 Å². The minimum absolute atomic E-state index is 0.593. The molecule has 0 radical (unpaired) electrons. The Labute approximate surface area is 156 Å². The molecular weight excluding hydrogens is 342 g/mol. The Hall–Kier alpha value is -3.12. The Morgan fingerprint density at radius 2 is 1.70 bits per heavy atom. The van der Waals surface area contributed by atoms with Gasteiger partial charge in [-0.3, -0.25) is 5.10 Å². The number of aliphatic hydroxyl groups excluding tert-OH is 1. The van der Waals surface area contributed by atoms with Crippen molar-refractivity contribution in [2.75, 3.05) is 14.2 Å². The summed E-state index contributed by atoms with van der Waals surface area (Å²) in [4.78, 5) is 4.71. The van der Waals surface area contributed by atoms with Gasteiger partial charge in [0.25, 0.3) is 0 Å². The van der Waals surface area contributed by atoms with Crippen molar-refractivity contribution in [3.63, 3.8) is 0 Å². The SMILES string of the molecule is COc1ccc(C(O)c2c3cc(OC)cc(C)c3nc3n[nH]c(C)c23)cc1. The number of aryl methyl sites for hydroxylation is 2. The number of hydrogen-bond acceptors (Lipinski definition) is 5. The van der Waals surface area contributed by atoms with Crippen LogP contribution in [-0.2, 0) is 0 Å². The van der Waals surface area contributed by atoms with Gasteiger partial charge in [-0.15, -0.1) is 0 Å². The van der Waals surface area contributed by atoms with Gasteiger partial charge in [0, 0.05) is 22.0 Å². The van der Waals surface area contributed by atoms with Crippen LogP contribution in [0, 0.1) is 13.8 Å². The van der Waals surface area contributed by atoms with E-state index in [0.29, 0.717) is 5.65 Å². The lowest BCUT2D eigenvalue weighted by molar-refractivity contribution is 0.223. The molecule has 0 saturated carbocycles. The fourth-order valence-electron chi connectivity index (χ4n) is 3.52. The Kier molecular flexibility index (Phi) is 4.20. The van der Waals surface area contributed by atoms with Crippen LogP contribution in [0.5, 0.6) is 11.5 Å². The van der Waals surface area contributed by atoms with Crippen LogP contribution in [-0.4, -0.2) is 34.5 Å². The average molecular weight is 363 g/mol. The van der Waals surface area contributed by atoms with Crippen molar-refractivity contribution in [3.05, 3.63) is 58.8 Å². The Morgan fingerprint density at radius 1 is 1.00 bits per heavy atom. The van der Waals surface area contributed by atoms with Gasteiger partial charge in [-0.2, -0.15) is 5.10 Å². The van der Waals surface area contributed by atoms with Gasteiger partial charge in [0.1, 0.15) is 17.6 Å². The monoisotopic (exact) mass is 363 g/mol. The van der Waals surface area contributed by atoms with E-state index in [1.165, 1.54) is 0 Å². The van der Waals surface area contributed by atoms with Gasteiger partial charge in [-0.25, -0.2) is 4.98 Å². The van der Waals surface area contributed by atoms with Crippen molar-refractivity contribution >= 4 is 21.9 Å². The maximum Gasteiger partial charge on any atom is 0.182 e. The van der Waals surface area contributed by atoms with Crippen molar-refractivity contribution in [1.29, 1.82) is 0 Å². The third kappa shape index (κ3) is 2.78. The predicted molar refractivity (Wildman–Crippen MR) is 104 cm³/mol. The van der Waals surface area contributed by atoms with Crippen molar-refractivity contribution in [1.82, 2.24) is 15.2 Å². The number of fused-ring (bicyclic) bond motifs is 2. The van der Waals surface area contributed by atoms with Gasteiger partial charge < -0.3 is 14.6 Å². The number of aromatic nitrogens is 3. The molecule has 2 aromatic carbocycles. The number of pyridine rings is 1. The van der Waals surface area contributed by atoms with E-state index in [-0.39, 0.29) is 0 Å². The highest BCUT2D eigenvalue weighted by Gasteiger charge is 2.22. The molecule has 0 amide bonds. The summed E-state index contributed by atoms with van der Waals surface area (Å²) in [7, 11) is 3.25. The summed E-state index contributed by atoms with van der Waals surface area (Å²) < 4.78 is 10.7. The second-order valence-electron chi connectivity index (χ2n) is 6.59. The van der Waals surface area contributed by atoms with Crippen LogP contribution in [0.15, 0.2) is 36.4 Å². The second-order valence-corrected chi connectivity index (χ2v) is 6.59. The molecule has 1 atom stereocenters. The molecule has 0 aliphatic heterocycles. The number of rotatable bonds is 4. The lowest BCUT2D eigenvalue weighted by atomic mass is 9.93. The molecule has 0 spiro atoms. The van der Waals surface area contributed by atoms with E-state index in [4.69, 9.17) is 14.5 Å². The first kappa shape index (κ1) is 17.3. The maximum atomic E-state index is 11.3. The number of ether oxygens (including phenoxy) is 2. The molecule has 6 nitrogen and oxygen atoms in total. The van der Waals surface area contributed by atoms with Gasteiger partial charge in [-0.05, 0) is 49.2 Å². The van der Waals surface area contributed by atoms with Crippen LogP contribution in [0.3, 0.4) is 0 Å². The summed E-state index contributed by atoms with van der Waals surface area (Å²) >= 11 is 0. The molecule has 2 heterocycles. The van der Waals surface area contributed by atoms with Gasteiger partial charge in [0.2, 0.25) is 0 Å². The molecule has 0 bridgehead atoms. The molecule has 2 aromatic heterocycles. The summed E-state index contributed by atoms with van der Waals surface area (Å²) in [6.07, 6.45) is -0.841. The van der Waals surface area contributed by atoms with Crippen LogP contribution in [0.4, 0.5) is 0 Å².